The Morgan fingerprint density at radius 1 is 1.50 bits per heavy atom. The molecule has 0 saturated heterocycles. The molecule has 1 aromatic heterocycles. The second-order valence-electron chi connectivity index (χ2n) is 3.64. The van der Waals surface area contributed by atoms with E-state index in [0.29, 0.717) is 18.3 Å². The van der Waals surface area contributed by atoms with Gasteiger partial charge in [-0.25, -0.2) is 4.79 Å². The van der Waals surface area contributed by atoms with Crippen molar-refractivity contribution in [1.29, 1.82) is 0 Å². The summed E-state index contributed by atoms with van der Waals surface area (Å²) >= 11 is 0. The summed E-state index contributed by atoms with van der Waals surface area (Å²) in [4.78, 5) is 26.3. The molecule has 0 aliphatic rings. The van der Waals surface area contributed by atoms with Gasteiger partial charge in [-0.15, -0.1) is 0 Å². The monoisotopic (exact) mass is 256 g/mol. The summed E-state index contributed by atoms with van der Waals surface area (Å²) in [6, 6.07) is -0.739. The molecule has 0 aromatic carbocycles. The minimum Gasteiger partial charge on any atom is -0.467 e. The van der Waals surface area contributed by atoms with Crippen LogP contribution in [0.5, 0.6) is 0 Å². The summed E-state index contributed by atoms with van der Waals surface area (Å²) in [6.45, 7) is 3.57. The first kappa shape index (κ1) is 14.1. The number of nitrogens with one attached hydrogen (secondary N) is 2. The molecular formula is C10H16N4O4. The van der Waals surface area contributed by atoms with Crippen molar-refractivity contribution in [2.45, 2.75) is 26.4 Å². The van der Waals surface area contributed by atoms with Gasteiger partial charge in [0, 0.05) is 13.5 Å². The van der Waals surface area contributed by atoms with Crippen LogP contribution in [0.25, 0.3) is 0 Å². The van der Waals surface area contributed by atoms with Gasteiger partial charge in [-0.05, 0) is 6.92 Å². The van der Waals surface area contributed by atoms with Crippen molar-refractivity contribution in [2.24, 2.45) is 0 Å². The maximum atomic E-state index is 11.4. The van der Waals surface area contributed by atoms with Crippen LogP contribution in [0.2, 0.25) is 0 Å². The van der Waals surface area contributed by atoms with E-state index in [1.807, 2.05) is 0 Å². The first-order valence-corrected chi connectivity index (χ1v) is 5.37. The molecule has 1 rings (SSSR count). The quantitative estimate of drug-likeness (QED) is 0.638. The molecule has 1 amide bonds. The highest BCUT2D eigenvalue weighted by molar-refractivity contribution is 5.83. The van der Waals surface area contributed by atoms with Gasteiger partial charge >= 0.3 is 5.97 Å². The molecule has 0 aliphatic carbocycles. The van der Waals surface area contributed by atoms with Gasteiger partial charge in [0.15, 0.2) is 5.82 Å². The SMILES string of the molecule is COC(=O)C(CNCc1nc(C)no1)NC(C)=O. The Morgan fingerprint density at radius 3 is 2.72 bits per heavy atom. The van der Waals surface area contributed by atoms with Crippen molar-refractivity contribution in [3.63, 3.8) is 0 Å². The lowest BCUT2D eigenvalue weighted by Crippen LogP contribution is -2.46. The molecule has 8 heteroatoms. The number of rotatable bonds is 6. The van der Waals surface area contributed by atoms with E-state index in [-0.39, 0.29) is 12.5 Å². The van der Waals surface area contributed by atoms with Crippen LogP contribution in [-0.2, 0) is 20.9 Å². The molecule has 0 bridgehead atoms. The highest BCUT2D eigenvalue weighted by Gasteiger charge is 2.19. The largest absolute Gasteiger partial charge is 0.467 e. The van der Waals surface area contributed by atoms with Gasteiger partial charge in [-0.2, -0.15) is 4.98 Å². The van der Waals surface area contributed by atoms with Gasteiger partial charge < -0.3 is 19.9 Å². The van der Waals surface area contributed by atoms with Gasteiger partial charge in [-0.3, -0.25) is 4.79 Å². The molecule has 1 heterocycles. The number of hydrogen-bond acceptors (Lipinski definition) is 7. The number of methoxy groups -OCH3 is 1. The lowest BCUT2D eigenvalue weighted by Gasteiger charge is -2.15. The second-order valence-corrected chi connectivity index (χ2v) is 3.64. The summed E-state index contributed by atoms with van der Waals surface area (Å²) in [5.74, 6) is 0.136. The van der Waals surface area contributed by atoms with Crippen molar-refractivity contribution in [3.8, 4) is 0 Å². The maximum absolute atomic E-state index is 11.4. The predicted molar refractivity (Wildman–Crippen MR) is 60.4 cm³/mol. The van der Waals surface area contributed by atoms with Gasteiger partial charge in [-0.1, -0.05) is 5.16 Å². The Hall–Kier alpha value is -1.96. The van der Waals surface area contributed by atoms with Gasteiger partial charge in [0.05, 0.1) is 13.7 Å². The fourth-order valence-electron chi connectivity index (χ4n) is 1.32. The zero-order chi connectivity index (χ0) is 13.5. The molecule has 8 nitrogen and oxygen atoms in total. The number of esters is 1. The van der Waals surface area contributed by atoms with Crippen LogP contribution in [0.15, 0.2) is 4.52 Å². The number of aryl methyl sites for hydroxylation is 1. The molecule has 0 fully saturated rings. The lowest BCUT2D eigenvalue weighted by atomic mass is 10.3. The first-order chi connectivity index (χ1) is 8.52. The third kappa shape index (κ3) is 4.50. The summed E-state index contributed by atoms with van der Waals surface area (Å²) in [5, 5.41) is 9.03. The minimum atomic E-state index is -0.739. The highest BCUT2D eigenvalue weighted by atomic mass is 16.5. The van der Waals surface area contributed by atoms with E-state index in [1.54, 1.807) is 6.92 Å². The fraction of sp³-hybridized carbons (Fsp3) is 0.600. The Bertz CT molecular complexity index is 418. The normalized spacial score (nSPS) is 11.9. The zero-order valence-corrected chi connectivity index (χ0v) is 10.5. The van der Waals surface area contributed by atoms with Gasteiger partial charge in [0.2, 0.25) is 11.8 Å². The van der Waals surface area contributed by atoms with Crippen LogP contribution in [-0.4, -0.2) is 41.7 Å². The minimum absolute atomic E-state index is 0.216. The lowest BCUT2D eigenvalue weighted by molar-refractivity contribution is -0.144. The smallest absolute Gasteiger partial charge is 0.329 e. The third-order valence-electron chi connectivity index (χ3n) is 2.06. The third-order valence-corrected chi connectivity index (χ3v) is 2.06. The molecule has 0 spiro atoms. The van der Waals surface area contributed by atoms with Crippen molar-refractivity contribution in [2.75, 3.05) is 13.7 Å². The Morgan fingerprint density at radius 2 is 2.22 bits per heavy atom. The second kappa shape index (κ2) is 6.70. The summed E-state index contributed by atoms with van der Waals surface area (Å²) < 4.78 is 9.46. The number of aromatic nitrogens is 2. The van der Waals surface area contributed by atoms with Crippen molar-refractivity contribution < 1.29 is 18.8 Å². The molecule has 1 unspecified atom stereocenters. The molecule has 100 valence electrons. The molecule has 2 N–H and O–H groups in total. The Labute approximate surface area is 104 Å². The van der Waals surface area contributed by atoms with Crippen LogP contribution in [0.1, 0.15) is 18.6 Å². The van der Waals surface area contributed by atoms with E-state index < -0.39 is 12.0 Å². The Kier molecular flexibility index (Phi) is 5.25. The number of carbonyl (C=O) groups is 2. The van der Waals surface area contributed by atoms with Gasteiger partial charge in [0.25, 0.3) is 0 Å². The Balaban J connectivity index is 2.41. The van der Waals surface area contributed by atoms with Crippen molar-refractivity contribution >= 4 is 11.9 Å². The first-order valence-electron chi connectivity index (χ1n) is 5.37. The number of hydrogen-bond donors (Lipinski definition) is 2. The van der Waals surface area contributed by atoms with Crippen LogP contribution in [0, 0.1) is 6.92 Å². The van der Waals surface area contributed by atoms with E-state index in [9.17, 15) is 9.59 Å². The summed E-state index contributed by atoms with van der Waals surface area (Å²) in [6.07, 6.45) is 0. The van der Waals surface area contributed by atoms with E-state index in [4.69, 9.17) is 4.52 Å². The van der Waals surface area contributed by atoms with Crippen molar-refractivity contribution in [1.82, 2.24) is 20.8 Å². The number of nitrogens with zero attached hydrogens (tertiary/aromatic N) is 2. The number of carbonyl (C=O) groups excluding carboxylic acids is 2. The van der Waals surface area contributed by atoms with Crippen LogP contribution in [0.4, 0.5) is 0 Å². The summed E-state index contributed by atoms with van der Waals surface area (Å²) in [7, 11) is 1.26. The van der Waals surface area contributed by atoms with E-state index in [1.165, 1.54) is 14.0 Å². The standard InChI is InChI=1S/C10H16N4O4/c1-6-12-9(18-14-6)5-11-4-8(10(16)17-3)13-7(2)15/h8,11H,4-5H2,1-3H3,(H,13,15). The molecule has 1 aromatic rings. The van der Waals surface area contributed by atoms with E-state index >= 15 is 0 Å². The predicted octanol–water partition coefficient (Wildman–Crippen LogP) is -0.855. The molecule has 18 heavy (non-hydrogen) atoms. The molecule has 1 atom stereocenters. The molecular weight excluding hydrogens is 240 g/mol. The molecule has 0 saturated carbocycles. The maximum Gasteiger partial charge on any atom is 0.329 e. The highest BCUT2D eigenvalue weighted by Crippen LogP contribution is 1.95. The van der Waals surface area contributed by atoms with Crippen molar-refractivity contribution in [3.05, 3.63) is 11.7 Å². The van der Waals surface area contributed by atoms with Crippen LogP contribution < -0.4 is 10.6 Å². The van der Waals surface area contributed by atoms with Crippen LogP contribution >= 0.6 is 0 Å². The fourth-order valence-corrected chi connectivity index (χ4v) is 1.32. The van der Waals surface area contributed by atoms with E-state index in [0.717, 1.165) is 0 Å². The average Bonchev–Trinajstić information content (AvgIpc) is 2.72. The zero-order valence-electron chi connectivity index (χ0n) is 10.5. The number of amides is 1. The summed E-state index contributed by atoms with van der Waals surface area (Å²) in [5.41, 5.74) is 0. The van der Waals surface area contributed by atoms with E-state index in [2.05, 4.69) is 25.5 Å². The average molecular weight is 256 g/mol. The topological polar surface area (TPSA) is 106 Å². The van der Waals surface area contributed by atoms with Crippen LogP contribution in [0.3, 0.4) is 0 Å². The van der Waals surface area contributed by atoms with Gasteiger partial charge in [0.1, 0.15) is 6.04 Å². The number of ether oxygens (including phenoxy) is 1. The molecule has 0 radical (unpaired) electrons. The molecule has 0 aliphatic heterocycles.